The second-order valence-corrected chi connectivity index (χ2v) is 7.10. The molecule has 0 aromatic carbocycles. The first-order valence-corrected chi connectivity index (χ1v) is 7.73. The third-order valence-corrected chi connectivity index (χ3v) is 4.26. The summed E-state index contributed by atoms with van der Waals surface area (Å²) in [4.78, 5) is 11.8. The molecule has 4 heteroatoms. The van der Waals surface area contributed by atoms with Gasteiger partial charge in [0.1, 0.15) is 0 Å². The summed E-state index contributed by atoms with van der Waals surface area (Å²) < 4.78 is 17.9. The minimum atomic E-state index is -0.644. The van der Waals surface area contributed by atoms with Crippen LogP contribution in [0.5, 0.6) is 0 Å². The number of carbonyl (C=O) groups is 1. The van der Waals surface area contributed by atoms with Crippen LogP contribution in [0.25, 0.3) is 0 Å². The van der Waals surface area contributed by atoms with Crippen LogP contribution in [-0.2, 0) is 9.53 Å². The molecule has 0 spiro atoms. The van der Waals surface area contributed by atoms with Crippen LogP contribution >= 0.6 is 15.9 Å². The summed E-state index contributed by atoms with van der Waals surface area (Å²) in [6.45, 7) is 8.35. The molecule has 0 N–H and O–H groups in total. The molecule has 0 fully saturated rings. The van der Waals surface area contributed by atoms with Gasteiger partial charge in [-0.2, -0.15) is 0 Å². The van der Waals surface area contributed by atoms with Crippen molar-refractivity contribution in [3.8, 4) is 0 Å². The molecule has 0 aliphatic heterocycles. The summed E-state index contributed by atoms with van der Waals surface area (Å²) in [7, 11) is 0. The predicted molar refractivity (Wildman–Crippen MR) is 88.1 cm³/mol. The Morgan fingerprint density at radius 2 is 2.14 bits per heavy atom. The van der Waals surface area contributed by atoms with Crippen LogP contribution in [0.3, 0.4) is 0 Å². The quantitative estimate of drug-likeness (QED) is 0.489. The van der Waals surface area contributed by atoms with Gasteiger partial charge in [0.05, 0.1) is 16.8 Å². The molecule has 0 saturated heterocycles. The Morgan fingerprint density at radius 3 is 2.71 bits per heavy atom. The highest BCUT2D eigenvalue weighted by molar-refractivity contribution is 9.10. The average molecular weight is 357 g/mol. The molecular formula is C17H22BrFO2. The van der Waals surface area contributed by atoms with Gasteiger partial charge in [0.15, 0.2) is 11.9 Å². The van der Waals surface area contributed by atoms with Gasteiger partial charge >= 0.3 is 0 Å². The highest BCUT2D eigenvalue weighted by atomic mass is 79.9. The maximum atomic E-state index is 12.7. The van der Waals surface area contributed by atoms with Crippen molar-refractivity contribution < 1.29 is 13.9 Å². The summed E-state index contributed by atoms with van der Waals surface area (Å²) in [6, 6.07) is 0. The minimum Gasteiger partial charge on any atom is -0.487 e. The predicted octanol–water partition coefficient (Wildman–Crippen LogP) is 4.68. The molecule has 1 aliphatic carbocycles. The van der Waals surface area contributed by atoms with Gasteiger partial charge in [-0.1, -0.05) is 59.8 Å². The van der Waals surface area contributed by atoms with Crippen molar-refractivity contribution >= 4 is 21.7 Å². The fraction of sp³-hybridized carbons (Fsp3) is 0.471. The topological polar surface area (TPSA) is 26.3 Å². The van der Waals surface area contributed by atoms with Crippen LogP contribution < -0.4 is 0 Å². The monoisotopic (exact) mass is 356 g/mol. The highest BCUT2D eigenvalue weighted by Crippen LogP contribution is 2.34. The number of Topliss-reactive ketones (excluding diaryl/α,β-unsaturated/α-hetero) is 1. The Morgan fingerprint density at radius 1 is 1.48 bits per heavy atom. The summed E-state index contributed by atoms with van der Waals surface area (Å²) in [6.07, 6.45) is 9.58. The number of halogens is 2. The SMILES string of the molecule is C=C(OC(CC1=CC=CC=CC1(C)Br)C(C)=O)C(C)CF. The van der Waals surface area contributed by atoms with E-state index in [4.69, 9.17) is 4.74 Å². The van der Waals surface area contributed by atoms with Gasteiger partial charge in [0.2, 0.25) is 0 Å². The maximum Gasteiger partial charge on any atom is 0.170 e. The lowest BCUT2D eigenvalue weighted by Crippen LogP contribution is -2.28. The standard InChI is InChI=1S/C17H22BrFO2/c1-12(11-19)14(3)21-16(13(2)20)10-15-8-6-5-7-9-17(15,4)18/h5-9,12,16H,3,10-11H2,1-2,4H3. The van der Waals surface area contributed by atoms with Gasteiger partial charge in [-0.05, 0) is 19.4 Å². The Bertz CT molecular complexity index is 489. The van der Waals surface area contributed by atoms with Crippen LogP contribution in [-0.4, -0.2) is 22.9 Å². The zero-order valence-electron chi connectivity index (χ0n) is 12.7. The van der Waals surface area contributed by atoms with Crippen molar-refractivity contribution in [1.82, 2.24) is 0 Å². The first-order valence-electron chi connectivity index (χ1n) is 6.94. The number of hydrogen-bond acceptors (Lipinski definition) is 2. The normalized spacial score (nSPS) is 24.0. The highest BCUT2D eigenvalue weighted by Gasteiger charge is 2.28. The molecule has 3 atom stereocenters. The molecule has 3 unspecified atom stereocenters. The van der Waals surface area contributed by atoms with Crippen LogP contribution in [0.2, 0.25) is 0 Å². The maximum absolute atomic E-state index is 12.7. The summed E-state index contributed by atoms with van der Waals surface area (Å²) in [5, 5.41) is 0. The number of allylic oxidation sites excluding steroid dienone is 6. The Kier molecular flexibility index (Phi) is 6.59. The summed E-state index contributed by atoms with van der Waals surface area (Å²) in [5.41, 5.74) is 1.02. The van der Waals surface area contributed by atoms with Gasteiger partial charge in [0, 0.05) is 12.3 Å². The zero-order chi connectivity index (χ0) is 16.0. The van der Waals surface area contributed by atoms with Crippen molar-refractivity contribution in [3.63, 3.8) is 0 Å². The fourth-order valence-corrected chi connectivity index (χ4v) is 2.31. The second-order valence-electron chi connectivity index (χ2n) is 5.45. The van der Waals surface area contributed by atoms with E-state index in [0.29, 0.717) is 12.2 Å². The van der Waals surface area contributed by atoms with Crippen molar-refractivity contribution in [3.05, 3.63) is 48.3 Å². The molecule has 0 aromatic heterocycles. The van der Waals surface area contributed by atoms with Gasteiger partial charge in [-0.25, -0.2) is 0 Å². The minimum absolute atomic E-state index is 0.0939. The molecule has 1 aliphatic rings. The van der Waals surface area contributed by atoms with Crippen LogP contribution in [0, 0.1) is 5.92 Å². The number of rotatable bonds is 7. The first kappa shape index (κ1) is 17.9. The third-order valence-electron chi connectivity index (χ3n) is 3.49. The van der Waals surface area contributed by atoms with Gasteiger partial charge in [-0.15, -0.1) is 0 Å². The Labute approximate surface area is 134 Å². The van der Waals surface area contributed by atoms with E-state index in [2.05, 4.69) is 22.5 Å². The number of ether oxygens (including phenoxy) is 1. The molecule has 0 bridgehead atoms. The molecule has 21 heavy (non-hydrogen) atoms. The fourth-order valence-electron chi connectivity index (χ4n) is 1.86. The number of ketones is 1. The van der Waals surface area contributed by atoms with E-state index in [9.17, 15) is 9.18 Å². The van der Waals surface area contributed by atoms with Crippen molar-refractivity contribution in [2.24, 2.45) is 5.92 Å². The van der Waals surface area contributed by atoms with E-state index >= 15 is 0 Å². The van der Waals surface area contributed by atoms with E-state index in [1.54, 1.807) is 6.92 Å². The molecule has 0 heterocycles. The van der Waals surface area contributed by atoms with Crippen LogP contribution in [0.1, 0.15) is 27.2 Å². The summed E-state index contributed by atoms with van der Waals surface area (Å²) in [5.74, 6) is -0.192. The smallest absolute Gasteiger partial charge is 0.170 e. The number of hydrogen-bond donors (Lipinski definition) is 0. The molecule has 0 radical (unpaired) electrons. The number of carbonyl (C=O) groups excluding carboxylic acids is 1. The molecule has 0 saturated carbocycles. The Balaban J connectivity index is 2.86. The van der Waals surface area contributed by atoms with Gasteiger partial charge < -0.3 is 4.74 Å². The lowest BCUT2D eigenvalue weighted by molar-refractivity contribution is -0.126. The lowest BCUT2D eigenvalue weighted by Gasteiger charge is -2.27. The molecular weight excluding hydrogens is 335 g/mol. The number of alkyl halides is 2. The molecule has 2 nitrogen and oxygen atoms in total. The van der Waals surface area contributed by atoms with Gasteiger partial charge in [0.25, 0.3) is 0 Å². The van der Waals surface area contributed by atoms with E-state index in [1.807, 2.05) is 37.3 Å². The van der Waals surface area contributed by atoms with Crippen molar-refractivity contribution in [1.29, 1.82) is 0 Å². The molecule has 1 rings (SSSR count). The van der Waals surface area contributed by atoms with Crippen molar-refractivity contribution in [2.45, 2.75) is 37.6 Å². The zero-order valence-corrected chi connectivity index (χ0v) is 14.3. The summed E-state index contributed by atoms with van der Waals surface area (Å²) >= 11 is 3.65. The second kappa shape index (κ2) is 7.74. The lowest BCUT2D eigenvalue weighted by atomic mass is 9.94. The van der Waals surface area contributed by atoms with E-state index in [-0.39, 0.29) is 10.1 Å². The van der Waals surface area contributed by atoms with E-state index in [1.165, 1.54) is 6.92 Å². The van der Waals surface area contributed by atoms with E-state index < -0.39 is 18.7 Å². The van der Waals surface area contributed by atoms with Crippen LogP contribution in [0.4, 0.5) is 4.39 Å². The largest absolute Gasteiger partial charge is 0.487 e. The Hall–Kier alpha value is -1.16. The van der Waals surface area contributed by atoms with Crippen molar-refractivity contribution in [2.75, 3.05) is 6.67 Å². The molecule has 116 valence electrons. The average Bonchev–Trinajstić information content (AvgIpc) is 2.58. The van der Waals surface area contributed by atoms with E-state index in [0.717, 1.165) is 5.57 Å². The first-order chi connectivity index (χ1) is 9.77. The molecule has 0 aromatic rings. The molecule has 0 amide bonds. The van der Waals surface area contributed by atoms with Crippen LogP contribution in [0.15, 0.2) is 48.3 Å². The van der Waals surface area contributed by atoms with Gasteiger partial charge in [-0.3, -0.25) is 9.18 Å². The third kappa shape index (κ3) is 5.27.